The number of aryl methyl sites for hydroxylation is 1. The smallest absolute Gasteiger partial charge is 0.136 e. The number of fused-ring (bicyclic) bond motifs is 1. The highest BCUT2D eigenvalue weighted by Crippen LogP contribution is 2.43. The Morgan fingerprint density at radius 1 is 1.00 bits per heavy atom. The van der Waals surface area contributed by atoms with Crippen LogP contribution in [0, 0.1) is 11.3 Å². The molecular weight excluding hydrogens is 268 g/mol. The van der Waals surface area contributed by atoms with E-state index in [1.165, 1.54) is 43.4 Å². The Kier molecular flexibility index (Phi) is 3.79. The summed E-state index contributed by atoms with van der Waals surface area (Å²) in [5.74, 6) is 2.38. The van der Waals surface area contributed by atoms with E-state index < -0.39 is 0 Å². The first-order chi connectivity index (χ1) is 9.45. The summed E-state index contributed by atoms with van der Waals surface area (Å²) in [6, 6.07) is 0. The van der Waals surface area contributed by atoms with Crippen molar-refractivity contribution in [2.24, 2.45) is 11.3 Å². The van der Waals surface area contributed by atoms with E-state index in [1.807, 2.05) is 0 Å². The summed E-state index contributed by atoms with van der Waals surface area (Å²) in [7, 11) is 0. The van der Waals surface area contributed by atoms with Crippen LogP contribution in [0.5, 0.6) is 0 Å². The van der Waals surface area contributed by atoms with Gasteiger partial charge in [-0.05, 0) is 56.3 Å². The highest BCUT2D eigenvalue weighted by atomic mass is 35.5. The van der Waals surface area contributed by atoms with Gasteiger partial charge in [0.15, 0.2) is 0 Å². The maximum Gasteiger partial charge on any atom is 0.136 e. The predicted molar refractivity (Wildman–Crippen MR) is 83.2 cm³/mol. The molecule has 0 spiro atoms. The number of halogens is 1. The Labute approximate surface area is 127 Å². The van der Waals surface area contributed by atoms with Gasteiger partial charge in [-0.1, -0.05) is 32.4 Å². The van der Waals surface area contributed by atoms with Crippen molar-refractivity contribution in [1.29, 1.82) is 0 Å². The van der Waals surface area contributed by atoms with Crippen LogP contribution in [-0.2, 0) is 12.8 Å². The summed E-state index contributed by atoms with van der Waals surface area (Å²) in [4.78, 5) is 9.44. The molecule has 20 heavy (non-hydrogen) atoms. The number of hydrogen-bond donors (Lipinski definition) is 0. The standard InChI is InChI=1S/C17H25ClN2/c1-17(2,3)12-9-7-11(8-10-12)16-19-14-6-4-5-13(14)15(18)20-16/h11-12H,4-10H2,1-3H3. The molecule has 0 saturated heterocycles. The fourth-order valence-electron chi connectivity index (χ4n) is 3.80. The summed E-state index contributed by atoms with van der Waals surface area (Å²) >= 11 is 6.34. The lowest BCUT2D eigenvalue weighted by Gasteiger charge is -2.36. The minimum atomic E-state index is 0.432. The molecule has 0 N–H and O–H groups in total. The summed E-state index contributed by atoms with van der Waals surface area (Å²) in [6.07, 6.45) is 8.36. The maximum absolute atomic E-state index is 6.34. The third-order valence-corrected chi connectivity index (χ3v) is 5.53. The molecule has 1 heterocycles. The normalized spacial score (nSPS) is 26.6. The fraction of sp³-hybridized carbons (Fsp3) is 0.765. The molecule has 0 atom stereocenters. The van der Waals surface area contributed by atoms with Crippen LogP contribution in [-0.4, -0.2) is 9.97 Å². The largest absolute Gasteiger partial charge is 0.237 e. The Hall–Kier alpha value is -0.630. The number of rotatable bonds is 1. The maximum atomic E-state index is 6.34. The van der Waals surface area contributed by atoms with E-state index in [-0.39, 0.29) is 0 Å². The molecule has 0 radical (unpaired) electrons. The van der Waals surface area contributed by atoms with Gasteiger partial charge in [-0.25, -0.2) is 9.97 Å². The van der Waals surface area contributed by atoms with Crippen molar-refractivity contribution in [3.05, 3.63) is 22.2 Å². The van der Waals surface area contributed by atoms with E-state index in [2.05, 4.69) is 25.8 Å². The van der Waals surface area contributed by atoms with Crippen LogP contribution < -0.4 is 0 Å². The molecule has 0 aromatic carbocycles. The second-order valence-corrected chi connectivity index (χ2v) is 7.92. The molecule has 110 valence electrons. The van der Waals surface area contributed by atoms with E-state index >= 15 is 0 Å². The average Bonchev–Trinajstić information content (AvgIpc) is 2.86. The molecule has 2 aliphatic carbocycles. The molecule has 0 aliphatic heterocycles. The van der Waals surface area contributed by atoms with Crippen LogP contribution in [0.2, 0.25) is 5.15 Å². The Morgan fingerprint density at radius 3 is 2.35 bits per heavy atom. The highest BCUT2D eigenvalue weighted by Gasteiger charge is 2.32. The minimum Gasteiger partial charge on any atom is -0.237 e. The van der Waals surface area contributed by atoms with Gasteiger partial charge in [0.2, 0.25) is 0 Å². The van der Waals surface area contributed by atoms with Crippen molar-refractivity contribution in [2.75, 3.05) is 0 Å². The first kappa shape index (κ1) is 14.3. The van der Waals surface area contributed by atoms with E-state index in [9.17, 15) is 0 Å². The van der Waals surface area contributed by atoms with Gasteiger partial charge in [0.05, 0.1) is 0 Å². The van der Waals surface area contributed by atoms with E-state index in [1.54, 1.807) is 0 Å². The molecule has 1 aromatic rings. The lowest BCUT2D eigenvalue weighted by molar-refractivity contribution is 0.167. The van der Waals surface area contributed by atoms with Gasteiger partial charge in [0, 0.05) is 17.2 Å². The number of hydrogen-bond acceptors (Lipinski definition) is 2. The van der Waals surface area contributed by atoms with Crippen LogP contribution in [0.3, 0.4) is 0 Å². The Morgan fingerprint density at radius 2 is 1.70 bits per heavy atom. The van der Waals surface area contributed by atoms with E-state index in [0.717, 1.165) is 29.7 Å². The second kappa shape index (κ2) is 5.29. The summed E-state index contributed by atoms with van der Waals surface area (Å²) in [5.41, 5.74) is 2.86. The quantitative estimate of drug-likeness (QED) is 0.685. The van der Waals surface area contributed by atoms with Crippen LogP contribution in [0.15, 0.2) is 0 Å². The van der Waals surface area contributed by atoms with Gasteiger partial charge in [-0.15, -0.1) is 0 Å². The number of nitrogens with zero attached hydrogens (tertiary/aromatic N) is 2. The number of aromatic nitrogens is 2. The zero-order valence-electron chi connectivity index (χ0n) is 12.9. The molecule has 2 nitrogen and oxygen atoms in total. The van der Waals surface area contributed by atoms with Crippen molar-refractivity contribution >= 4 is 11.6 Å². The Balaban J connectivity index is 1.74. The first-order valence-corrected chi connectivity index (χ1v) is 8.38. The molecule has 0 amide bonds. The highest BCUT2D eigenvalue weighted by molar-refractivity contribution is 6.30. The van der Waals surface area contributed by atoms with E-state index in [0.29, 0.717) is 11.3 Å². The molecule has 1 aromatic heterocycles. The molecule has 2 aliphatic rings. The van der Waals surface area contributed by atoms with Crippen molar-refractivity contribution in [1.82, 2.24) is 9.97 Å². The predicted octanol–water partition coefficient (Wildman–Crippen LogP) is 4.94. The van der Waals surface area contributed by atoms with Crippen LogP contribution in [0.25, 0.3) is 0 Å². The monoisotopic (exact) mass is 292 g/mol. The summed E-state index contributed by atoms with van der Waals surface area (Å²) < 4.78 is 0. The molecule has 3 rings (SSSR count). The molecular formula is C17H25ClN2. The van der Waals surface area contributed by atoms with Gasteiger partial charge >= 0.3 is 0 Å². The Bertz CT molecular complexity index is 496. The zero-order chi connectivity index (χ0) is 14.3. The lowest BCUT2D eigenvalue weighted by Crippen LogP contribution is -2.26. The van der Waals surface area contributed by atoms with E-state index in [4.69, 9.17) is 16.6 Å². The third-order valence-electron chi connectivity index (χ3n) is 5.22. The van der Waals surface area contributed by atoms with Crippen molar-refractivity contribution in [2.45, 2.75) is 71.6 Å². The fourth-order valence-corrected chi connectivity index (χ4v) is 4.10. The summed E-state index contributed by atoms with van der Waals surface area (Å²) in [6.45, 7) is 7.09. The van der Waals surface area contributed by atoms with Gasteiger partial charge in [-0.2, -0.15) is 0 Å². The second-order valence-electron chi connectivity index (χ2n) is 7.57. The summed E-state index contributed by atoms with van der Waals surface area (Å²) in [5, 5.41) is 0.723. The molecule has 1 fully saturated rings. The molecule has 0 unspecified atom stereocenters. The molecule has 3 heteroatoms. The van der Waals surface area contributed by atoms with Crippen LogP contribution in [0.4, 0.5) is 0 Å². The lowest BCUT2D eigenvalue weighted by atomic mass is 9.69. The average molecular weight is 293 g/mol. The minimum absolute atomic E-state index is 0.432. The SMILES string of the molecule is CC(C)(C)C1CCC(c2nc(Cl)c3c(n2)CCC3)CC1. The molecule has 1 saturated carbocycles. The van der Waals surface area contributed by atoms with Gasteiger partial charge in [0.1, 0.15) is 11.0 Å². The zero-order valence-corrected chi connectivity index (χ0v) is 13.6. The van der Waals surface area contributed by atoms with Crippen molar-refractivity contribution in [3.8, 4) is 0 Å². The topological polar surface area (TPSA) is 25.8 Å². The van der Waals surface area contributed by atoms with Crippen molar-refractivity contribution < 1.29 is 0 Å². The first-order valence-electron chi connectivity index (χ1n) is 8.00. The van der Waals surface area contributed by atoms with Gasteiger partial charge in [-0.3, -0.25) is 0 Å². The third kappa shape index (κ3) is 2.72. The van der Waals surface area contributed by atoms with Gasteiger partial charge in [0.25, 0.3) is 0 Å². The van der Waals surface area contributed by atoms with Crippen LogP contribution in [0.1, 0.15) is 75.9 Å². The van der Waals surface area contributed by atoms with Crippen LogP contribution >= 0.6 is 11.6 Å². The van der Waals surface area contributed by atoms with Gasteiger partial charge < -0.3 is 0 Å². The van der Waals surface area contributed by atoms with Crippen molar-refractivity contribution in [3.63, 3.8) is 0 Å². The molecule has 0 bridgehead atoms.